The summed E-state index contributed by atoms with van der Waals surface area (Å²) in [6.45, 7) is 0. The Morgan fingerprint density at radius 1 is 1.26 bits per heavy atom. The second-order valence-electron chi connectivity index (χ2n) is 3.81. The van der Waals surface area contributed by atoms with E-state index < -0.39 is 0 Å². The summed E-state index contributed by atoms with van der Waals surface area (Å²) in [4.78, 5) is 12.2. The van der Waals surface area contributed by atoms with Crippen LogP contribution in [-0.2, 0) is 0 Å². The van der Waals surface area contributed by atoms with Crippen LogP contribution in [0.3, 0.4) is 0 Å². The summed E-state index contributed by atoms with van der Waals surface area (Å²) in [6.07, 6.45) is 0. The zero-order valence-corrected chi connectivity index (χ0v) is 12.5. The van der Waals surface area contributed by atoms with Gasteiger partial charge >= 0.3 is 0 Å². The Hall–Kier alpha value is -1.52. The van der Waals surface area contributed by atoms with Crippen LogP contribution < -0.4 is 10.1 Å². The zero-order valence-electron chi connectivity index (χ0n) is 10.1. The average molecular weight is 341 g/mol. The van der Waals surface area contributed by atoms with Crippen molar-refractivity contribution >= 4 is 39.1 Å². The van der Waals surface area contributed by atoms with E-state index in [9.17, 15) is 4.79 Å². The Kier molecular flexibility index (Phi) is 4.45. The van der Waals surface area contributed by atoms with Crippen LogP contribution in [0.25, 0.3) is 0 Å². The molecule has 1 amide bonds. The molecule has 0 saturated carbocycles. The van der Waals surface area contributed by atoms with Crippen LogP contribution in [0.5, 0.6) is 5.75 Å². The number of carbonyl (C=O) groups is 1. The van der Waals surface area contributed by atoms with Crippen molar-refractivity contribution in [2.75, 3.05) is 12.4 Å². The fourth-order valence-corrected chi connectivity index (χ4v) is 2.19. The van der Waals surface area contributed by atoms with Crippen molar-refractivity contribution in [1.82, 2.24) is 0 Å². The summed E-state index contributed by atoms with van der Waals surface area (Å²) >= 11 is 9.22. The van der Waals surface area contributed by atoms with Gasteiger partial charge in [-0.25, -0.2) is 0 Å². The van der Waals surface area contributed by atoms with Crippen molar-refractivity contribution < 1.29 is 9.53 Å². The molecular formula is C14H11BrClNO2. The summed E-state index contributed by atoms with van der Waals surface area (Å²) in [5, 5.41) is 3.35. The normalized spacial score (nSPS) is 10.1. The highest BCUT2D eigenvalue weighted by molar-refractivity contribution is 9.10. The van der Waals surface area contributed by atoms with Crippen LogP contribution in [0, 0.1) is 0 Å². The van der Waals surface area contributed by atoms with E-state index >= 15 is 0 Å². The monoisotopic (exact) mass is 339 g/mol. The molecule has 1 N–H and O–H groups in total. The minimum Gasteiger partial charge on any atom is -0.497 e. The second kappa shape index (κ2) is 6.08. The third kappa shape index (κ3) is 3.49. The molecule has 0 atom stereocenters. The summed E-state index contributed by atoms with van der Waals surface area (Å²) in [6, 6.07) is 12.2. The first kappa shape index (κ1) is 13.9. The fourth-order valence-electron chi connectivity index (χ4n) is 1.57. The van der Waals surface area contributed by atoms with Crippen molar-refractivity contribution in [3.05, 3.63) is 57.5 Å². The number of nitrogens with one attached hydrogen (secondary N) is 1. The predicted molar refractivity (Wildman–Crippen MR) is 80.1 cm³/mol. The van der Waals surface area contributed by atoms with E-state index in [0.717, 1.165) is 0 Å². The van der Waals surface area contributed by atoms with Gasteiger partial charge in [0.25, 0.3) is 5.91 Å². The molecule has 0 aliphatic rings. The Morgan fingerprint density at radius 2 is 2.05 bits per heavy atom. The fraction of sp³-hybridized carbons (Fsp3) is 0.0714. The Balaban J connectivity index is 2.25. The van der Waals surface area contributed by atoms with Gasteiger partial charge in [0.05, 0.1) is 12.7 Å². The molecule has 0 aliphatic heterocycles. The number of rotatable bonds is 3. The lowest BCUT2D eigenvalue weighted by molar-refractivity contribution is 0.102. The van der Waals surface area contributed by atoms with Gasteiger partial charge in [0.2, 0.25) is 0 Å². The first-order valence-corrected chi connectivity index (χ1v) is 6.67. The summed E-state index contributed by atoms with van der Waals surface area (Å²) in [7, 11) is 1.56. The van der Waals surface area contributed by atoms with E-state index in [1.54, 1.807) is 49.6 Å². The third-order valence-electron chi connectivity index (χ3n) is 2.50. The van der Waals surface area contributed by atoms with Crippen LogP contribution in [0.4, 0.5) is 5.69 Å². The number of methoxy groups -OCH3 is 1. The molecule has 0 aromatic heterocycles. The maximum atomic E-state index is 12.2. The second-order valence-corrected chi connectivity index (χ2v) is 5.10. The predicted octanol–water partition coefficient (Wildman–Crippen LogP) is 4.36. The van der Waals surface area contributed by atoms with Crippen molar-refractivity contribution in [3.8, 4) is 5.75 Å². The topological polar surface area (TPSA) is 38.3 Å². The number of benzene rings is 2. The molecule has 5 heteroatoms. The quantitative estimate of drug-likeness (QED) is 0.901. The molecule has 3 nitrogen and oxygen atoms in total. The van der Waals surface area contributed by atoms with Crippen LogP contribution in [0.15, 0.2) is 46.9 Å². The maximum absolute atomic E-state index is 12.2. The van der Waals surface area contributed by atoms with Gasteiger partial charge < -0.3 is 10.1 Å². The van der Waals surface area contributed by atoms with Crippen LogP contribution in [-0.4, -0.2) is 13.0 Å². The van der Waals surface area contributed by atoms with Gasteiger partial charge in [-0.1, -0.05) is 17.7 Å². The number of ether oxygens (including phenoxy) is 1. The number of hydrogen-bond acceptors (Lipinski definition) is 2. The maximum Gasteiger partial charge on any atom is 0.256 e. The first-order valence-electron chi connectivity index (χ1n) is 5.50. The average Bonchev–Trinajstić information content (AvgIpc) is 2.39. The van der Waals surface area contributed by atoms with Crippen LogP contribution >= 0.6 is 27.5 Å². The molecule has 0 unspecified atom stereocenters. The molecule has 2 aromatic carbocycles. The van der Waals surface area contributed by atoms with Gasteiger partial charge in [-0.3, -0.25) is 4.79 Å². The minimum absolute atomic E-state index is 0.229. The SMILES string of the molecule is COc1ccc(Br)c(C(=O)Nc2cccc(Cl)c2)c1. The van der Waals surface area contributed by atoms with Gasteiger partial charge in [-0.05, 0) is 52.3 Å². The first-order chi connectivity index (χ1) is 9.10. The summed E-state index contributed by atoms with van der Waals surface area (Å²) in [5.74, 6) is 0.396. The Labute approximate surface area is 124 Å². The standard InChI is InChI=1S/C14H11BrClNO2/c1-19-11-5-6-13(15)12(8-11)14(18)17-10-4-2-3-9(16)7-10/h2-8H,1H3,(H,17,18). The molecule has 0 heterocycles. The molecule has 98 valence electrons. The van der Waals surface area contributed by atoms with E-state index in [2.05, 4.69) is 21.2 Å². The highest BCUT2D eigenvalue weighted by Crippen LogP contribution is 2.24. The van der Waals surface area contributed by atoms with Gasteiger partial charge in [-0.15, -0.1) is 0 Å². The number of halogens is 2. The van der Waals surface area contributed by atoms with Gasteiger partial charge in [-0.2, -0.15) is 0 Å². The number of carbonyl (C=O) groups excluding carboxylic acids is 1. The molecule has 0 spiro atoms. The molecule has 2 aromatic rings. The van der Waals surface area contributed by atoms with E-state index in [1.807, 2.05) is 0 Å². The van der Waals surface area contributed by atoms with Gasteiger partial charge in [0.1, 0.15) is 5.75 Å². The Morgan fingerprint density at radius 3 is 2.74 bits per heavy atom. The van der Waals surface area contributed by atoms with Crippen molar-refractivity contribution in [2.45, 2.75) is 0 Å². The highest BCUT2D eigenvalue weighted by Gasteiger charge is 2.11. The van der Waals surface area contributed by atoms with Crippen LogP contribution in [0.1, 0.15) is 10.4 Å². The number of amides is 1. The van der Waals surface area contributed by atoms with E-state index in [1.165, 1.54) is 0 Å². The lowest BCUT2D eigenvalue weighted by Gasteiger charge is -2.08. The molecule has 0 saturated heterocycles. The van der Waals surface area contributed by atoms with Crippen LogP contribution in [0.2, 0.25) is 5.02 Å². The van der Waals surface area contributed by atoms with Crippen molar-refractivity contribution in [3.63, 3.8) is 0 Å². The van der Waals surface area contributed by atoms with E-state index in [-0.39, 0.29) is 5.91 Å². The smallest absolute Gasteiger partial charge is 0.256 e. The molecule has 19 heavy (non-hydrogen) atoms. The number of hydrogen-bond donors (Lipinski definition) is 1. The minimum atomic E-state index is -0.229. The Bertz CT molecular complexity index is 616. The van der Waals surface area contributed by atoms with Crippen molar-refractivity contribution in [2.24, 2.45) is 0 Å². The largest absolute Gasteiger partial charge is 0.497 e. The summed E-state index contributed by atoms with van der Waals surface area (Å²) < 4.78 is 5.81. The summed E-state index contributed by atoms with van der Waals surface area (Å²) in [5.41, 5.74) is 1.14. The number of anilines is 1. The lowest BCUT2D eigenvalue weighted by Crippen LogP contribution is -2.12. The molecule has 0 aliphatic carbocycles. The molecule has 0 fully saturated rings. The molecular weight excluding hydrogens is 330 g/mol. The lowest BCUT2D eigenvalue weighted by atomic mass is 10.2. The third-order valence-corrected chi connectivity index (χ3v) is 3.43. The molecule has 2 rings (SSSR count). The van der Waals surface area contributed by atoms with Gasteiger partial charge in [0, 0.05) is 15.2 Å². The van der Waals surface area contributed by atoms with E-state index in [0.29, 0.717) is 26.5 Å². The molecule has 0 radical (unpaired) electrons. The highest BCUT2D eigenvalue weighted by atomic mass is 79.9. The molecule has 0 bridgehead atoms. The van der Waals surface area contributed by atoms with E-state index in [4.69, 9.17) is 16.3 Å². The zero-order chi connectivity index (χ0) is 13.8. The van der Waals surface area contributed by atoms with Crippen molar-refractivity contribution in [1.29, 1.82) is 0 Å². The van der Waals surface area contributed by atoms with Gasteiger partial charge in [0.15, 0.2) is 0 Å².